The summed E-state index contributed by atoms with van der Waals surface area (Å²) >= 11 is 0. The van der Waals surface area contributed by atoms with Crippen LogP contribution in [0.15, 0.2) is 0 Å². The summed E-state index contributed by atoms with van der Waals surface area (Å²) in [7, 11) is 2.17. The molecule has 0 spiro atoms. The van der Waals surface area contributed by atoms with E-state index in [4.69, 9.17) is 0 Å². The lowest BCUT2D eigenvalue weighted by Gasteiger charge is -2.35. The van der Waals surface area contributed by atoms with Crippen molar-refractivity contribution in [3.05, 3.63) is 0 Å². The van der Waals surface area contributed by atoms with Gasteiger partial charge in [-0.3, -0.25) is 0 Å². The van der Waals surface area contributed by atoms with Gasteiger partial charge in [-0.25, -0.2) is 4.39 Å². The monoisotopic (exact) mass is 242 g/mol. The maximum absolute atomic E-state index is 13.7. The average molecular weight is 242 g/mol. The molecule has 0 aromatic rings. The number of likely N-dealkylation sites (N-methyl/N-ethyl adjacent to an activating group) is 1. The number of alkyl halides is 1. The molecule has 1 heterocycles. The highest BCUT2D eigenvalue weighted by atomic mass is 19.1. The fourth-order valence-corrected chi connectivity index (χ4v) is 2.83. The molecule has 2 aliphatic rings. The first kappa shape index (κ1) is 13.3. The molecular formula is C14H27FN2. The zero-order valence-corrected chi connectivity index (χ0v) is 11.6. The number of piperazine rings is 1. The Morgan fingerprint density at radius 2 is 1.82 bits per heavy atom. The van der Waals surface area contributed by atoms with E-state index in [2.05, 4.69) is 30.7 Å². The predicted molar refractivity (Wildman–Crippen MR) is 70.0 cm³/mol. The van der Waals surface area contributed by atoms with Crippen LogP contribution in [0.4, 0.5) is 4.39 Å². The van der Waals surface area contributed by atoms with Gasteiger partial charge in [0.2, 0.25) is 0 Å². The normalized spacial score (nSPS) is 35.5. The molecule has 2 unspecified atom stereocenters. The van der Waals surface area contributed by atoms with Crippen molar-refractivity contribution in [2.24, 2.45) is 11.3 Å². The van der Waals surface area contributed by atoms with Gasteiger partial charge in [0.1, 0.15) is 6.17 Å². The molecule has 0 aromatic carbocycles. The number of hydrogen-bond acceptors (Lipinski definition) is 2. The molecule has 1 aliphatic heterocycles. The number of halogens is 1. The molecule has 2 rings (SSSR count). The minimum absolute atomic E-state index is 0.0280. The quantitative estimate of drug-likeness (QED) is 0.730. The summed E-state index contributed by atoms with van der Waals surface area (Å²) in [5.41, 5.74) is 0.0280. The Morgan fingerprint density at radius 3 is 2.29 bits per heavy atom. The lowest BCUT2D eigenvalue weighted by molar-refractivity contribution is 0.117. The maximum atomic E-state index is 13.7. The van der Waals surface area contributed by atoms with Crippen molar-refractivity contribution in [1.82, 2.24) is 9.80 Å². The fraction of sp³-hybridized carbons (Fsp3) is 1.00. The first-order valence-corrected chi connectivity index (χ1v) is 7.07. The van der Waals surface area contributed by atoms with Crippen molar-refractivity contribution in [3.8, 4) is 0 Å². The van der Waals surface area contributed by atoms with E-state index in [-0.39, 0.29) is 5.41 Å². The predicted octanol–water partition coefficient (Wildman–Crippen LogP) is 2.40. The third-order valence-electron chi connectivity index (χ3n) is 4.44. The molecule has 17 heavy (non-hydrogen) atoms. The van der Waals surface area contributed by atoms with E-state index in [0.29, 0.717) is 5.92 Å². The van der Waals surface area contributed by atoms with Crippen LogP contribution in [0.3, 0.4) is 0 Å². The minimum atomic E-state index is -0.527. The Bertz CT molecular complexity index is 249. The van der Waals surface area contributed by atoms with Crippen LogP contribution in [-0.4, -0.2) is 55.7 Å². The maximum Gasteiger partial charge on any atom is 0.108 e. The van der Waals surface area contributed by atoms with Crippen LogP contribution in [0.5, 0.6) is 0 Å². The second-order valence-corrected chi connectivity index (χ2v) is 6.55. The first-order valence-electron chi connectivity index (χ1n) is 7.07. The van der Waals surface area contributed by atoms with Gasteiger partial charge < -0.3 is 9.80 Å². The fourth-order valence-electron chi connectivity index (χ4n) is 2.83. The second kappa shape index (κ2) is 5.23. The van der Waals surface area contributed by atoms with Crippen LogP contribution in [0.25, 0.3) is 0 Å². The smallest absolute Gasteiger partial charge is 0.108 e. The standard InChI is InChI=1S/C14H27FN2/c1-12(2)4-5-14(10-13(14)15)11-17-8-6-16(3)7-9-17/h12-13H,4-11H2,1-3H3. The van der Waals surface area contributed by atoms with E-state index in [1.165, 1.54) is 6.42 Å². The van der Waals surface area contributed by atoms with Crippen LogP contribution < -0.4 is 0 Å². The first-order chi connectivity index (χ1) is 8.02. The lowest BCUT2D eigenvalue weighted by Crippen LogP contribution is -2.46. The van der Waals surface area contributed by atoms with Crippen molar-refractivity contribution in [2.45, 2.75) is 39.3 Å². The summed E-state index contributed by atoms with van der Waals surface area (Å²) in [5, 5.41) is 0. The summed E-state index contributed by atoms with van der Waals surface area (Å²) in [4.78, 5) is 4.83. The van der Waals surface area contributed by atoms with Gasteiger partial charge in [0.05, 0.1) is 0 Å². The summed E-state index contributed by atoms with van der Waals surface area (Å²) < 4.78 is 13.7. The number of nitrogens with zero attached hydrogens (tertiary/aromatic N) is 2. The van der Waals surface area contributed by atoms with E-state index in [0.717, 1.165) is 45.6 Å². The molecule has 0 bridgehead atoms. The van der Waals surface area contributed by atoms with Gasteiger partial charge in [-0.05, 0) is 25.8 Å². The third kappa shape index (κ3) is 3.41. The highest BCUT2D eigenvalue weighted by Crippen LogP contribution is 2.53. The van der Waals surface area contributed by atoms with Crippen molar-refractivity contribution < 1.29 is 4.39 Å². The summed E-state index contributed by atoms with van der Waals surface area (Å²) in [6.45, 7) is 9.97. The van der Waals surface area contributed by atoms with Gasteiger partial charge in [-0.2, -0.15) is 0 Å². The zero-order chi connectivity index (χ0) is 12.5. The van der Waals surface area contributed by atoms with Crippen molar-refractivity contribution >= 4 is 0 Å². The van der Waals surface area contributed by atoms with Gasteiger partial charge in [-0.15, -0.1) is 0 Å². The number of hydrogen-bond donors (Lipinski definition) is 0. The van der Waals surface area contributed by atoms with Crippen molar-refractivity contribution in [2.75, 3.05) is 39.8 Å². The minimum Gasteiger partial charge on any atom is -0.304 e. The molecule has 0 radical (unpaired) electrons. The summed E-state index contributed by atoms with van der Waals surface area (Å²) in [6, 6.07) is 0. The largest absolute Gasteiger partial charge is 0.304 e. The highest BCUT2D eigenvalue weighted by molar-refractivity contribution is 5.05. The van der Waals surface area contributed by atoms with Crippen LogP contribution in [0.1, 0.15) is 33.1 Å². The van der Waals surface area contributed by atoms with Crippen LogP contribution in [-0.2, 0) is 0 Å². The highest BCUT2D eigenvalue weighted by Gasteiger charge is 2.55. The molecule has 0 N–H and O–H groups in total. The average Bonchev–Trinajstić information content (AvgIpc) is 2.90. The van der Waals surface area contributed by atoms with Gasteiger partial charge in [0, 0.05) is 38.1 Å². The molecule has 2 fully saturated rings. The number of rotatable bonds is 5. The molecule has 3 heteroatoms. The topological polar surface area (TPSA) is 6.48 Å². The Morgan fingerprint density at radius 1 is 1.24 bits per heavy atom. The Labute approximate surface area is 105 Å². The Kier molecular flexibility index (Phi) is 4.09. The molecule has 1 aliphatic carbocycles. The summed E-state index contributed by atoms with van der Waals surface area (Å²) in [5.74, 6) is 0.701. The SMILES string of the molecule is CC(C)CCC1(CN2CCN(C)CC2)CC1F. The van der Waals surface area contributed by atoms with Gasteiger partial charge in [0.25, 0.3) is 0 Å². The van der Waals surface area contributed by atoms with Gasteiger partial charge in [-0.1, -0.05) is 20.3 Å². The van der Waals surface area contributed by atoms with E-state index in [1.807, 2.05) is 0 Å². The lowest BCUT2D eigenvalue weighted by atomic mass is 9.94. The van der Waals surface area contributed by atoms with E-state index < -0.39 is 6.17 Å². The Balaban J connectivity index is 1.79. The van der Waals surface area contributed by atoms with Gasteiger partial charge in [0.15, 0.2) is 0 Å². The third-order valence-corrected chi connectivity index (χ3v) is 4.44. The van der Waals surface area contributed by atoms with E-state index >= 15 is 0 Å². The molecule has 0 aromatic heterocycles. The van der Waals surface area contributed by atoms with Crippen LogP contribution >= 0.6 is 0 Å². The second-order valence-electron chi connectivity index (χ2n) is 6.55. The molecule has 0 amide bonds. The van der Waals surface area contributed by atoms with Gasteiger partial charge >= 0.3 is 0 Å². The van der Waals surface area contributed by atoms with Crippen LogP contribution in [0.2, 0.25) is 0 Å². The molecule has 1 saturated carbocycles. The molecule has 2 nitrogen and oxygen atoms in total. The molecule has 100 valence electrons. The van der Waals surface area contributed by atoms with E-state index in [1.54, 1.807) is 0 Å². The zero-order valence-electron chi connectivity index (χ0n) is 11.6. The van der Waals surface area contributed by atoms with Crippen LogP contribution in [0, 0.1) is 11.3 Å². The van der Waals surface area contributed by atoms with E-state index in [9.17, 15) is 4.39 Å². The molecular weight excluding hydrogens is 215 g/mol. The van der Waals surface area contributed by atoms with Crippen molar-refractivity contribution in [3.63, 3.8) is 0 Å². The Hall–Kier alpha value is -0.150. The molecule has 1 saturated heterocycles. The van der Waals surface area contributed by atoms with Crippen molar-refractivity contribution in [1.29, 1.82) is 0 Å². The summed E-state index contributed by atoms with van der Waals surface area (Å²) in [6.07, 6.45) is 2.54. The molecule has 2 atom stereocenters.